The van der Waals surface area contributed by atoms with Crippen molar-refractivity contribution in [3.63, 3.8) is 0 Å². The minimum absolute atomic E-state index is 0.416. The number of rotatable bonds is 7. The number of carboxylic acids is 1. The van der Waals surface area contributed by atoms with E-state index in [1.807, 2.05) is 7.05 Å². The Morgan fingerprint density at radius 3 is 2.47 bits per heavy atom. The van der Waals surface area contributed by atoms with Crippen molar-refractivity contribution in [2.45, 2.75) is 38.8 Å². The summed E-state index contributed by atoms with van der Waals surface area (Å²) in [4.78, 5) is 13.1. The van der Waals surface area contributed by atoms with Crippen LogP contribution in [0.4, 0.5) is 0 Å². The second kappa shape index (κ2) is 5.47. The molecule has 1 unspecified atom stereocenters. The molecule has 1 atom stereocenters. The van der Waals surface area contributed by atoms with E-state index in [9.17, 15) is 4.79 Å². The normalized spacial score (nSPS) is 18.5. The second-order valence-corrected chi connectivity index (χ2v) is 4.95. The van der Waals surface area contributed by atoms with Crippen LogP contribution in [0.1, 0.15) is 26.7 Å². The zero-order valence-corrected chi connectivity index (χ0v) is 9.86. The molecule has 1 fully saturated rings. The summed E-state index contributed by atoms with van der Waals surface area (Å²) in [7, 11) is 1.98. The Bertz CT molecular complexity index is 215. The number of nitrogens with one attached hydrogen (secondary N) is 1. The summed E-state index contributed by atoms with van der Waals surface area (Å²) in [5.74, 6) is -0.164. The third-order valence-electron chi connectivity index (χ3n) is 2.48. The maximum Gasteiger partial charge on any atom is 0.322 e. The average Bonchev–Trinajstić information content (AvgIpc) is 2.85. The molecule has 1 rings (SSSR count). The molecule has 1 aliphatic carbocycles. The van der Waals surface area contributed by atoms with Crippen molar-refractivity contribution in [1.82, 2.24) is 10.2 Å². The summed E-state index contributed by atoms with van der Waals surface area (Å²) in [6.07, 6.45) is 2.25. The monoisotopic (exact) mass is 214 g/mol. The van der Waals surface area contributed by atoms with Gasteiger partial charge in [0.05, 0.1) is 0 Å². The van der Waals surface area contributed by atoms with Crippen LogP contribution < -0.4 is 5.32 Å². The first-order chi connectivity index (χ1) is 6.99. The quantitative estimate of drug-likeness (QED) is 0.657. The zero-order chi connectivity index (χ0) is 11.4. The molecular formula is C11H22N2O2. The zero-order valence-electron chi connectivity index (χ0n) is 9.86. The summed E-state index contributed by atoms with van der Waals surface area (Å²) in [5.41, 5.74) is 0. The lowest BCUT2D eigenvalue weighted by atomic mass is 10.2. The molecule has 1 aliphatic rings. The standard InChI is InChI=1S/C11H22N2O2/c1-8(2)6-13(3)7-10(11(14)15)12-9-4-5-9/h8-10,12H,4-7H2,1-3H3,(H,14,15). The Kier molecular flexibility index (Phi) is 4.54. The van der Waals surface area contributed by atoms with Gasteiger partial charge in [-0.25, -0.2) is 0 Å². The third-order valence-corrected chi connectivity index (χ3v) is 2.48. The fourth-order valence-electron chi connectivity index (χ4n) is 1.75. The van der Waals surface area contributed by atoms with E-state index in [1.165, 1.54) is 0 Å². The van der Waals surface area contributed by atoms with Crippen LogP contribution in [0, 0.1) is 5.92 Å². The number of hydrogen-bond donors (Lipinski definition) is 2. The van der Waals surface area contributed by atoms with Crippen LogP contribution in [0.2, 0.25) is 0 Å². The first-order valence-electron chi connectivity index (χ1n) is 5.66. The van der Waals surface area contributed by atoms with Crippen LogP contribution in [-0.2, 0) is 4.79 Å². The molecule has 0 aromatic heterocycles. The minimum Gasteiger partial charge on any atom is -0.480 e. The summed E-state index contributed by atoms with van der Waals surface area (Å²) in [6.45, 7) is 5.81. The van der Waals surface area contributed by atoms with Gasteiger partial charge >= 0.3 is 5.97 Å². The van der Waals surface area contributed by atoms with Gasteiger partial charge in [0.1, 0.15) is 6.04 Å². The Morgan fingerprint density at radius 2 is 2.07 bits per heavy atom. The molecule has 0 spiro atoms. The van der Waals surface area contributed by atoms with E-state index in [-0.39, 0.29) is 0 Å². The van der Waals surface area contributed by atoms with Crippen LogP contribution in [0.5, 0.6) is 0 Å². The highest BCUT2D eigenvalue weighted by atomic mass is 16.4. The van der Waals surface area contributed by atoms with Gasteiger partial charge in [0.2, 0.25) is 0 Å². The molecule has 0 aromatic carbocycles. The minimum atomic E-state index is -0.738. The fraction of sp³-hybridized carbons (Fsp3) is 0.909. The summed E-state index contributed by atoms with van der Waals surface area (Å²) >= 11 is 0. The average molecular weight is 214 g/mol. The second-order valence-electron chi connectivity index (χ2n) is 4.95. The van der Waals surface area contributed by atoms with Gasteiger partial charge in [-0.2, -0.15) is 0 Å². The lowest BCUT2D eigenvalue weighted by Crippen LogP contribution is -2.46. The van der Waals surface area contributed by atoms with E-state index in [4.69, 9.17) is 5.11 Å². The van der Waals surface area contributed by atoms with E-state index >= 15 is 0 Å². The van der Waals surface area contributed by atoms with E-state index in [0.717, 1.165) is 19.4 Å². The topological polar surface area (TPSA) is 52.6 Å². The Labute approximate surface area is 91.6 Å². The van der Waals surface area contributed by atoms with Crippen LogP contribution in [0.15, 0.2) is 0 Å². The van der Waals surface area contributed by atoms with Crippen LogP contribution in [-0.4, -0.2) is 48.2 Å². The highest BCUT2D eigenvalue weighted by molar-refractivity contribution is 5.73. The highest BCUT2D eigenvalue weighted by Gasteiger charge is 2.28. The molecule has 0 saturated heterocycles. The smallest absolute Gasteiger partial charge is 0.322 e. The van der Waals surface area contributed by atoms with Gasteiger partial charge in [-0.05, 0) is 25.8 Å². The van der Waals surface area contributed by atoms with Gasteiger partial charge < -0.3 is 15.3 Å². The fourth-order valence-corrected chi connectivity index (χ4v) is 1.75. The molecule has 0 radical (unpaired) electrons. The molecule has 88 valence electrons. The molecular weight excluding hydrogens is 192 g/mol. The largest absolute Gasteiger partial charge is 0.480 e. The lowest BCUT2D eigenvalue weighted by molar-refractivity contribution is -0.140. The van der Waals surface area contributed by atoms with Gasteiger partial charge in [0.15, 0.2) is 0 Å². The number of carboxylic acid groups (broad SMARTS) is 1. The van der Waals surface area contributed by atoms with Crippen molar-refractivity contribution in [2.75, 3.05) is 20.1 Å². The molecule has 4 nitrogen and oxygen atoms in total. The predicted octanol–water partition coefficient (Wildman–Crippen LogP) is 0.779. The van der Waals surface area contributed by atoms with Crippen molar-refractivity contribution >= 4 is 5.97 Å². The molecule has 2 N–H and O–H groups in total. The van der Waals surface area contributed by atoms with Crippen molar-refractivity contribution < 1.29 is 9.90 Å². The maximum absolute atomic E-state index is 11.0. The van der Waals surface area contributed by atoms with Gasteiger partial charge in [-0.1, -0.05) is 13.8 Å². The number of carbonyl (C=O) groups is 1. The van der Waals surface area contributed by atoms with Crippen molar-refractivity contribution in [1.29, 1.82) is 0 Å². The highest BCUT2D eigenvalue weighted by Crippen LogP contribution is 2.19. The van der Waals surface area contributed by atoms with Gasteiger partial charge in [-0.15, -0.1) is 0 Å². The van der Waals surface area contributed by atoms with Gasteiger partial charge in [0.25, 0.3) is 0 Å². The molecule has 0 heterocycles. The molecule has 0 aromatic rings. The van der Waals surface area contributed by atoms with Gasteiger partial charge in [0, 0.05) is 19.1 Å². The molecule has 1 saturated carbocycles. The summed E-state index contributed by atoms with van der Waals surface area (Å²) in [5, 5.41) is 12.2. The predicted molar refractivity (Wildman–Crippen MR) is 59.9 cm³/mol. The van der Waals surface area contributed by atoms with Crippen molar-refractivity contribution in [2.24, 2.45) is 5.92 Å². The Hall–Kier alpha value is -0.610. The number of nitrogens with zero attached hydrogens (tertiary/aromatic N) is 1. The van der Waals surface area contributed by atoms with E-state index < -0.39 is 12.0 Å². The molecule has 0 aliphatic heterocycles. The van der Waals surface area contributed by atoms with Crippen LogP contribution in [0.3, 0.4) is 0 Å². The number of likely N-dealkylation sites (N-methyl/N-ethyl adjacent to an activating group) is 1. The van der Waals surface area contributed by atoms with Crippen molar-refractivity contribution in [3.8, 4) is 0 Å². The maximum atomic E-state index is 11.0. The molecule has 4 heteroatoms. The molecule has 15 heavy (non-hydrogen) atoms. The number of aliphatic carboxylic acids is 1. The first-order valence-corrected chi connectivity index (χ1v) is 5.66. The SMILES string of the molecule is CC(C)CN(C)CC(NC1CC1)C(=O)O. The van der Waals surface area contributed by atoms with Crippen molar-refractivity contribution in [3.05, 3.63) is 0 Å². The lowest BCUT2D eigenvalue weighted by Gasteiger charge is -2.23. The summed E-state index contributed by atoms with van der Waals surface area (Å²) in [6, 6.07) is 0.0276. The van der Waals surface area contributed by atoms with E-state index in [1.54, 1.807) is 0 Å². The molecule has 0 bridgehead atoms. The first kappa shape index (κ1) is 12.5. The Morgan fingerprint density at radius 1 is 1.47 bits per heavy atom. The van der Waals surface area contributed by atoms with Crippen LogP contribution >= 0.6 is 0 Å². The Balaban J connectivity index is 2.31. The summed E-state index contributed by atoms with van der Waals surface area (Å²) < 4.78 is 0. The number of hydrogen-bond acceptors (Lipinski definition) is 3. The molecule has 0 amide bonds. The van der Waals surface area contributed by atoms with E-state index in [2.05, 4.69) is 24.1 Å². The third kappa shape index (κ3) is 5.14. The van der Waals surface area contributed by atoms with E-state index in [0.29, 0.717) is 18.5 Å². The van der Waals surface area contributed by atoms with Gasteiger partial charge in [-0.3, -0.25) is 4.79 Å². The van der Waals surface area contributed by atoms with Crippen LogP contribution in [0.25, 0.3) is 0 Å².